The molecule has 0 radical (unpaired) electrons. The van der Waals surface area contributed by atoms with Gasteiger partial charge in [0, 0.05) is 43.4 Å². The monoisotopic (exact) mass is 663 g/mol. The van der Waals surface area contributed by atoms with Crippen LogP contribution >= 0.6 is 11.8 Å². The molecule has 4 amide bonds. The third-order valence-electron chi connectivity index (χ3n) is 8.40. The predicted molar refractivity (Wildman–Crippen MR) is 166 cm³/mol. The lowest BCUT2D eigenvalue weighted by atomic mass is 10.0. The number of unbranched alkanes of at least 4 members (excludes halogenated alkanes) is 1. The normalized spacial score (nSPS) is 27.0. The van der Waals surface area contributed by atoms with Gasteiger partial charge in [-0.1, -0.05) is 6.42 Å². The number of carbonyl (C=O) groups is 4. The van der Waals surface area contributed by atoms with Crippen LogP contribution in [-0.2, 0) is 19.1 Å². The fourth-order valence-electron chi connectivity index (χ4n) is 6.01. The van der Waals surface area contributed by atoms with Crippen molar-refractivity contribution in [3.8, 4) is 0 Å². The number of aliphatic hydroxyl groups excluding tert-OH is 2. The van der Waals surface area contributed by atoms with E-state index in [1.165, 1.54) is 17.2 Å². The quantitative estimate of drug-likeness (QED) is 0.0880. The number of fused-ring (bicyclic) bond motifs is 2. The van der Waals surface area contributed by atoms with Crippen LogP contribution in [-0.4, -0.2) is 132 Å². The minimum atomic E-state index is -1.28. The summed E-state index contributed by atoms with van der Waals surface area (Å²) in [4.78, 5) is 61.7. The van der Waals surface area contributed by atoms with Crippen molar-refractivity contribution in [2.24, 2.45) is 0 Å². The molecule has 2 unspecified atom stereocenters. The maximum absolute atomic E-state index is 12.6. The van der Waals surface area contributed by atoms with Gasteiger partial charge in [0.1, 0.15) is 24.6 Å². The van der Waals surface area contributed by atoms with Gasteiger partial charge < -0.3 is 46.2 Å². The largest absolute Gasteiger partial charge is 0.481 e. The molecule has 7 atom stereocenters. The van der Waals surface area contributed by atoms with E-state index in [2.05, 4.69) is 36.2 Å². The highest BCUT2D eigenvalue weighted by atomic mass is 32.2. The predicted octanol–water partition coefficient (Wildman–Crippen LogP) is -0.587. The Morgan fingerprint density at radius 2 is 1.91 bits per heavy atom. The molecule has 2 aromatic heterocycles. The zero-order valence-corrected chi connectivity index (χ0v) is 26.3. The van der Waals surface area contributed by atoms with Gasteiger partial charge in [0.05, 0.1) is 18.4 Å². The summed E-state index contributed by atoms with van der Waals surface area (Å²) in [6, 6.07) is 0.229. The Hall–Kier alpha value is -3.58. The number of thioether (sulfide) groups is 1. The molecule has 3 aliphatic rings. The Bertz CT molecular complexity index is 1410. The first-order valence-corrected chi connectivity index (χ1v) is 16.5. The van der Waals surface area contributed by atoms with Gasteiger partial charge in [-0.15, -0.1) is 0 Å². The summed E-state index contributed by atoms with van der Waals surface area (Å²) >= 11 is 1.85. The number of aliphatic carboxylic acids is 1. The van der Waals surface area contributed by atoms with Gasteiger partial charge in [0.15, 0.2) is 23.2 Å². The van der Waals surface area contributed by atoms with Gasteiger partial charge >= 0.3 is 12.0 Å². The SMILES string of the molecule is CN(CCCC(=O)O)C[C@H]1OC(n2cnc3c(NC(=O)CCNC(=O)CCCCC4SC[C@@H]5NC(=O)N[C@H]45)ncnc32)[C@H](O)[C@@H]1O. The van der Waals surface area contributed by atoms with Crippen LogP contribution in [0.3, 0.4) is 0 Å². The number of hydrogen-bond acceptors (Lipinski definition) is 12. The van der Waals surface area contributed by atoms with Crippen molar-refractivity contribution < 1.29 is 39.2 Å². The van der Waals surface area contributed by atoms with Crippen molar-refractivity contribution in [1.29, 1.82) is 0 Å². The molecule has 5 heterocycles. The molecule has 7 N–H and O–H groups in total. The summed E-state index contributed by atoms with van der Waals surface area (Å²) in [6.07, 6.45) is 1.76. The fraction of sp³-hybridized carbons (Fsp3) is 0.679. The van der Waals surface area contributed by atoms with E-state index in [0.717, 1.165) is 25.0 Å². The first-order chi connectivity index (χ1) is 22.1. The Morgan fingerprint density at radius 1 is 1.09 bits per heavy atom. The highest BCUT2D eigenvalue weighted by Crippen LogP contribution is 2.34. The molecule has 3 fully saturated rings. The lowest BCUT2D eigenvalue weighted by molar-refractivity contribution is -0.137. The van der Waals surface area contributed by atoms with Gasteiger partial charge in [-0.3, -0.25) is 19.0 Å². The van der Waals surface area contributed by atoms with Crippen LogP contribution in [0, 0.1) is 0 Å². The van der Waals surface area contributed by atoms with Crippen LogP contribution in [0.15, 0.2) is 12.7 Å². The second kappa shape index (κ2) is 15.3. The minimum Gasteiger partial charge on any atom is -0.481 e. The maximum Gasteiger partial charge on any atom is 0.315 e. The second-order valence-electron chi connectivity index (χ2n) is 11.9. The molecule has 17 nitrogen and oxygen atoms in total. The zero-order chi connectivity index (χ0) is 32.8. The van der Waals surface area contributed by atoms with Gasteiger partial charge in [-0.25, -0.2) is 19.7 Å². The molecule has 5 rings (SSSR count). The number of amides is 4. The molecule has 252 valence electrons. The van der Waals surface area contributed by atoms with Crippen LogP contribution in [0.5, 0.6) is 0 Å². The van der Waals surface area contributed by atoms with Crippen LogP contribution < -0.4 is 21.3 Å². The van der Waals surface area contributed by atoms with Crippen molar-refractivity contribution in [2.75, 3.05) is 37.8 Å². The summed E-state index contributed by atoms with van der Waals surface area (Å²) in [5.74, 6) is -0.338. The van der Waals surface area contributed by atoms with Crippen molar-refractivity contribution in [3.63, 3.8) is 0 Å². The van der Waals surface area contributed by atoms with Gasteiger partial charge in [0.25, 0.3) is 0 Å². The third kappa shape index (κ3) is 8.22. The van der Waals surface area contributed by atoms with E-state index >= 15 is 0 Å². The molecule has 46 heavy (non-hydrogen) atoms. The molecule has 0 bridgehead atoms. The summed E-state index contributed by atoms with van der Waals surface area (Å²) < 4.78 is 7.44. The molecule has 18 heteroatoms. The zero-order valence-electron chi connectivity index (χ0n) is 25.5. The van der Waals surface area contributed by atoms with Crippen LogP contribution in [0.25, 0.3) is 11.2 Å². The number of anilines is 1. The summed E-state index contributed by atoms with van der Waals surface area (Å²) in [5, 5.41) is 41.9. The minimum absolute atomic E-state index is 0.0186. The number of imidazole rings is 1. The maximum atomic E-state index is 12.6. The first kappa shape index (κ1) is 33.8. The Labute approximate surface area is 269 Å². The average Bonchev–Trinajstić information content (AvgIpc) is 3.76. The highest BCUT2D eigenvalue weighted by Gasteiger charge is 2.45. The Balaban J connectivity index is 1.05. The number of ether oxygens (including phenoxy) is 1. The molecule has 0 aromatic carbocycles. The van der Waals surface area contributed by atoms with Gasteiger partial charge in [-0.05, 0) is 32.9 Å². The van der Waals surface area contributed by atoms with E-state index < -0.39 is 30.5 Å². The molecular weight excluding hydrogens is 622 g/mol. The van der Waals surface area contributed by atoms with Crippen molar-refractivity contribution >= 4 is 52.6 Å². The number of nitrogens with one attached hydrogen (secondary N) is 4. The summed E-state index contributed by atoms with van der Waals surface area (Å²) in [7, 11) is 1.78. The summed E-state index contributed by atoms with van der Waals surface area (Å²) in [5.41, 5.74) is 0.544. The van der Waals surface area contributed by atoms with Crippen LogP contribution in [0.4, 0.5) is 10.6 Å². The van der Waals surface area contributed by atoms with Crippen molar-refractivity contribution in [1.82, 2.24) is 40.4 Å². The molecule has 3 saturated heterocycles. The number of nitrogens with zero attached hydrogens (tertiary/aromatic N) is 5. The number of carboxylic acid groups (broad SMARTS) is 1. The number of hydrogen-bond donors (Lipinski definition) is 7. The number of rotatable bonds is 16. The van der Waals surface area contributed by atoms with Gasteiger partial charge in [0.2, 0.25) is 11.8 Å². The van der Waals surface area contributed by atoms with Crippen LogP contribution in [0.2, 0.25) is 0 Å². The topological polar surface area (TPSA) is 233 Å². The van der Waals surface area contributed by atoms with E-state index in [1.807, 2.05) is 16.7 Å². The van der Waals surface area contributed by atoms with E-state index in [9.17, 15) is 29.4 Å². The van der Waals surface area contributed by atoms with Crippen molar-refractivity contribution in [3.05, 3.63) is 12.7 Å². The van der Waals surface area contributed by atoms with E-state index in [0.29, 0.717) is 24.6 Å². The third-order valence-corrected chi connectivity index (χ3v) is 9.91. The Kier molecular flexibility index (Phi) is 11.3. The second-order valence-corrected chi connectivity index (χ2v) is 13.1. The number of urea groups is 1. The fourth-order valence-corrected chi connectivity index (χ4v) is 7.55. The first-order valence-electron chi connectivity index (χ1n) is 15.5. The molecule has 2 aromatic rings. The molecule has 3 aliphatic heterocycles. The summed E-state index contributed by atoms with van der Waals surface area (Å²) in [6.45, 7) is 0.904. The standard InChI is InChI=1S/C28H41N9O8S/c1-36(10-4-7-20(40)41)11-16-23(42)24(43)27(45-16)37-14-32-22-25(30-13-31-26(22)37)34-19(39)8-9-29-18(38)6-3-2-5-17-21-15(12-46-17)33-28(44)35-21/h13-17,21,23-24,27,42-43H,2-12H2,1H3,(H,29,38)(H,40,41)(H2,33,35,44)(H,30,31,34,39)/t15-,16+,17?,21-,23+,24+,27?/m0/s1. The smallest absolute Gasteiger partial charge is 0.315 e. The number of aromatic nitrogens is 4. The number of carbonyl (C=O) groups excluding carboxylic acids is 3. The molecular formula is C28H41N9O8S. The van der Waals surface area contributed by atoms with E-state index in [-0.39, 0.29) is 72.8 Å². The number of likely N-dealkylation sites (N-methyl/N-ethyl adjacent to an activating group) is 1. The molecule has 0 saturated carbocycles. The number of aliphatic hydroxyl groups is 2. The lowest BCUT2D eigenvalue weighted by Gasteiger charge is -2.22. The highest BCUT2D eigenvalue weighted by molar-refractivity contribution is 8.00. The molecule has 0 aliphatic carbocycles. The lowest BCUT2D eigenvalue weighted by Crippen LogP contribution is -2.38. The molecule has 0 spiro atoms. The van der Waals surface area contributed by atoms with Gasteiger partial charge in [-0.2, -0.15) is 11.8 Å². The van der Waals surface area contributed by atoms with Crippen LogP contribution in [0.1, 0.15) is 51.2 Å². The van der Waals surface area contributed by atoms with E-state index in [4.69, 9.17) is 9.84 Å². The Morgan fingerprint density at radius 3 is 2.72 bits per heavy atom. The average molecular weight is 664 g/mol. The van der Waals surface area contributed by atoms with E-state index in [1.54, 1.807) is 7.05 Å². The number of carboxylic acids is 1. The van der Waals surface area contributed by atoms with Crippen molar-refractivity contribution in [2.45, 2.75) is 86.8 Å².